The molecule has 0 unspecified atom stereocenters. The van der Waals surface area contributed by atoms with Crippen LogP contribution in [0.2, 0.25) is 0 Å². The fraction of sp³-hybridized carbons (Fsp3) is 0.700. The second-order valence-electron chi connectivity index (χ2n) is 4.82. The molecule has 0 spiro atoms. The molecule has 17 heavy (non-hydrogen) atoms. The number of hydrogen-bond acceptors (Lipinski definition) is 4. The van der Waals surface area contributed by atoms with Crippen molar-refractivity contribution in [1.29, 1.82) is 0 Å². The molecule has 2 fully saturated rings. The summed E-state index contributed by atoms with van der Waals surface area (Å²) in [5.74, 6) is 0. The maximum absolute atomic E-state index is 11.3. The molecule has 0 amide bonds. The largest absolute Gasteiger partial charge is 0.297 e. The first kappa shape index (κ1) is 11.2. The molecule has 3 rings (SSSR count). The van der Waals surface area contributed by atoms with Crippen LogP contribution in [0.5, 0.6) is 0 Å². The van der Waals surface area contributed by atoms with E-state index in [9.17, 15) is 8.42 Å². The van der Waals surface area contributed by atoms with Crippen LogP contribution in [0, 0.1) is 0 Å². The second-order valence-corrected chi connectivity index (χ2v) is 6.33. The highest BCUT2D eigenvalue weighted by molar-refractivity contribution is 7.89. The summed E-state index contributed by atoms with van der Waals surface area (Å²) in [6.45, 7) is 2.94. The van der Waals surface area contributed by atoms with Crippen LogP contribution in [0.1, 0.15) is 31.0 Å². The maximum atomic E-state index is 11.3. The average molecular weight is 256 g/mol. The third-order valence-electron chi connectivity index (χ3n) is 3.31. The molecule has 0 radical (unpaired) electrons. The second kappa shape index (κ2) is 3.79. The van der Waals surface area contributed by atoms with E-state index in [-0.39, 0.29) is 5.03 Å². The van der Waals surface area contributed by atoms with Gasteiger partial charge in [0, 0.05) is 12.6 Å². The number of likely N-dealkylation sites (tertiary alicyclic amines) is 1. The Morgan fingerprint density at radius 2 is 2.12 bits per heavy atom. The number of aromatic nitrogens is 2. The molecule has 2 heterocycles. The Kier molecular flexibility index (Phi) is 2.49. The van der Waals surface area contributed by atoms with E-state index in [4.69, 9.17) is 5.14 Å². The van der Waals surface area contributed by atoms with Crippen LogP contribution >= 0.6 is 0 Å². The molecule has 1 aliphatic carbocycles. The Balaban J connectivity index is 1.91. The van der Waals surface area contributed by atoms with E-state index in [1.807, 2.05) is 4.68 Å². The third-order valence-corrected chi connectivity index (χ3v) is 4.09. The predicted molar refractivity (Wildman–Crippen MR) is 61.8 cm³/mol. The van der Waals surface area contributed by atoms with Crippen molar-refractivity contribution in [3.05, 3.63) is 11.8 Å². The first-order chi connectivity index (χ1) is 8.04. The van der Waals surface area contributed by atoms with Crippen molar-refractivity contribution >= 4 is 10.0 Å². The van der Waals surface area contributed by atoms with Crippen molar-refractivity contribution in [3.8, 4) is 0 Å². The highest BCUT2D eigenvalue weighted by Gasteiger charge is 2.30. The van der Waals surface area contributed by atoms with Crippen LogP contribution in [0.25, 0.3) is 0 Å². The minimum Gasteiger partial charge on any atom is -0.297 e. The molecule has 1 saturated carbocycles. The van der Waals surface area contributed by atoms with Crippen molar-refractivity contribution in [2.75, 3.05) is 13.1 Å². The molecule has 6 nitrogen and oxygen atoms in total. The molecular formula is C10H16N4O2S. The van der Waals surface area contributed by atoms with Crippen LogP contribution < -0.4 is 5.14 Å². The number of nitrogens with two attached hydrogens (primary N) is 1. The molecular weight excluding hydrogens is 240 g/mol. The van der Waals surface area contributed by atoms with Gasteiger partial charge in [-0.1, -0.05) is 0 Å². The van der Waals surface area contributed by atoms with E-state index in [1.165, 1.54) is 6.42 Å². The number of nitrogens with zero attached hydrogens (tertiary/aromatic N) is 3. The Hall–Kier alpha value is -0.920. The molecule has 1 saturated heterocycles. The quantitative estimate of drug-likeness (QED) is 0.826. The van der Waals surface area contributed by atoms with E-state index < -0.39 is 10.0 Å². The summed E-state index contributed by atoms with van der Waals surface area (Å²) in [6, 6.07) is 1.99. The van der Waals surface area contributed by atoms with E-state index >= 15 is 0 Å². The Labute approximate surface area is 100 Å². The monoisotopic (exact) mass is 256 g/mol. The van der Waals surface area contributed by atoms with E-state index in [0.29, 0.717) is 6.04 Å². The van der Waals surface area contributed by atoms with Crippen molar-refractivity contribution < 1.29 is 8.42 Å². The zero-order chi connectivity index (χ0) is 12.0. The maximum Gasteiger partial charge on any atom is 0.257 e. The molecule has 1 aliphatic heterocycles. The van der Waals surface area contributed by atoms with Gasteiger partial charge in [0.1, 0.15) is 0 Å². The van der Waals surface area contributed by atoms with Crippen LogP contribution in [-0.2, 0) is 16.6 Å². The molecule has 1 aromatic heterocycles. The predicted octanol–water partition coefficient (Wildman–Crippen LogP) is 0.0711. The van der Waals surface area contributed by atoms with Crippen molar-refractivity contribution in [2.45, 2.75) is 36.9 Å². The summed E-state index contributed by atoms with van der Waals surface area (Å²) in [6.07, 6.45) is 3.39. The van der Waals surface area contributed by atoms with Crippen LogP contribution in [0.4, 0.5) is 0 Å². The summed E-state index contributed by atoms with van der Waals surface area (Å²) < 4.78 is 24.4. The van der Waals surface area contributed by atoms with E-state index in [2.05, 4.69) is 10.00 Å². The van der Waals surface area contributed by atoms with Crippen LogP contribution in [-0.4, -0.2) is 36.2 Å². The fourth-order valence-corrected chi connectivity index (χ4v) is 2.57. The van der Waals surface area contributed by atoms with E-state index in [0.717, 1.165) is 38.2 Å². The number of rotatable bonds is 4. The molecule has 2 N–H and O–H groups in total. The first-order valence-electron chi connectivity index (χ1n) is 5.87. The minimum atomic E-state index is -3.69. The van der Waals surface area contributed by atoms with Crippen molar-refractivity contribution in [2.24, 2.45) is 5.14 Å². The lowest BCUT2D eigenvalue weighted by atomic mass is 10.2. The van der Waals surface area contributed by atoms with Crippen molar-refractivity contribution in [1.82, 2.24) is 14.7 Å². The van der Waals surface area contributed by atoms with Gasteiger partial charge in [-0.15, -0.1) is 0 Å². The Bertz CT molecular complexity index is 529. The fourth-order valence-electron chi connectivity index (χ4n) is 2.07. The number of primary sulfonamides is 1. The van der Waals surface area contributed by atoms with Gasteiger partial charge in [0.05, 0.1) is 11.7 Å². The molecule has 0 aromatic carbocycles. The smallest absolute Gasteiger partial charge is 0.257 e. The summed E-state index contributed by atoms with van der Waals surface area (Å²) in [4.78, 5) is 2.28. The highest BCUT2D eigenvalue weighted by atomic mass is 32.2. The van der Waals surface area contributed by atoms with Gasteiger partial charge in [0.2, 0.25) is 0 Å². The van der Waals surface area contributed by atoms with Gasteiger partial charge in [-0.05, 0) is 32.4 Å². The summed E-state index contributed by atoms with van der Waals surface area (Å²) in [5.41, 5.74) is 0.969. The third kappa shape index (κ3) is 2.22. The first-order valence-corrected chi connectivity index (χ1v) is 7.42. The van der Waals surface area contributed by atoms with Crippen molar-refractivity contribution in [3.63, 3.8) is 0 Å². The van der Waals surface area contributed by atoms with Gasteiger partial charge in [0.25, 0.3) is 10.0 Å². The topological polar surface area (TPSA) is 81.2 Å². The minimum absolute atomic E-state index is 0.0000709. The summed E-state index contributed by atoms with van der Waals surface area (Å²) in [7, 11) is -3.69. The zero-order valence-corrected chi connectivity index (χ0v) is 10.4. The summed E-state index contributed by atoms with van der Waals surface area (Å²) in [5, 5.41) is 9.25. The van der Waals surface area contributed by atoms with Gasteiger partial charge >= 0.3 is 0 Å². The molecule has 1 aromatic rings. The summed E-state index contributed by atoms with van der Waals surface area (Å²) >= 11 is 0. The van der Waals surface area contributed by atoms with Crippen LogP contribution in [0.15, 0.2) is 11.1 Å². The average Bonchev–Trinajstić information content (AvgIpc) is 2.91. The highest BCUT2D eigenvalue weighted by Crippen LogP contribution is 2.36. The molecule has 0 bridgehead atoms. The normalized spacial score (nSPS) is 21.5. The molecule has 7 heteroatoms. The Morgan fingerprint density at radius 1 is 1.41 bits per heavy atom. The lowest BCUT2D eigenvalue weighted by Gasteiger charge is -2.30. The van der Waals surface area contributed by atoms with Gasteiger partial charge in [-0.3, -0.25) is 9.58 Å². The standard InChI is InChI=1S/C10H16N4O2S/c11-17(15,16)10-6-9(7-13-4-1-5-13)14(12-10)8-2-3-8/h6,8H,1-5,7H2,(H2,11,15,16). The van der Waals surface area contributed by atoms with Gasteiger partial charge in [0.15, 0.2) is 5.03 Å². The molecule has 94 valence electrons. The van der Waals surface area contributed by atoms with Gasteiger partial charge < -0.3 is 0 Å². The molecule has 0 atom stereocenters. The lowest BCUT2D eigenvalue weighted by Crippen LogP contribution is -2.36. The zero-order valence-electron chi connectivity index (χ0n) is 9.54. The van der Waals surface area contributed by atoms with Crippen LogP contribution in [0.3, 0.4) is 0 Å². The number of hydrogen-bond donors (Lipinski definition) is 1. The van der Waals surface area contributed by atoms with E-state index in [1.54, 1.807) is 6.07 Å². The Morgan fingerprint density at radius 3 is 2.59 bits per heavy atom. The lowest BCUT2D eigenvalue weighted by molar-refractivity contribution is 0.167. The molecule has 2 aliphatic rings. The van der Waals surface area contributed by atoms with Gasteiger partial charge in [-0.25, -0.2) is 13.6 Å². The SMILES string of the molecule is NS(=O)(=O)c1cc(CN2CCC2)n(C2CC2)n1. The number of sulfonamides is 1. The van der Waals surface area contributed by atoms with Gasteiger partial charge in [-0.2, -0.15) is 5.10 Å².